The quantitative estimate of drug-likeness (QED) is 0.512. The van der Waals surface area contributed by atoms with Crippen LogP contribution in [0.15, 0.2) is 30.5 Å². The number of rotatable bonds is 7. The fourth-order valence-electron chi connectivity index (χ4n) is 2.93. The highest BCUT2D eigenvalue weighted by Crippen LogP contribution is 2.20. The molecule has 0 saturated carbocycles. The van der Waals surface area contributed by atoms with E-state index < -0.39 is 11.8 Å². The van der Waals surface area contributed by atoms with E-state index >= 15 is 0 Å². The van der Waals surface area contributed by atoms with Crippen LogP contribution in [0.5, 0.6) is 0 Å². The molecule has 3 aromatic rings. The lowest BCUT2D eigenvalue weighted by molar-refractivity contribution is 0.262. The number of urea groups is 1. The molecule has 2 amide bonds. The summed E-state index contributed by atoms with van der Waals surface area (Å²) in [6.45, 7) is 4.87. The van der Waals surface area contributed by atoms with Gasteiger partial charge in [0.05, 0.1) is 5.69 Å². The number of hydrogen-bond acceptors (Lipinski definition) is 6. The van der Waals surface area contributed by atoms with Crippen molar-refractivity contribution < 1.29 is 9.18 Å². The lowest BCUT2D eigenvalue weighted by Crippen LogP contribution is -2.22. The Labute approximate surface area is 174 Å². The van der Waals surface area contributed by atoms with E-state index in [1.807, 2.05) is 44.1 Å². The lowest BCUT2D eigenvalue weighted by atomic mass is 10.1. The molecule has 9 heteroatoms. The zero-order chi connectivity index (χ0) is 21.7. The van der Waals surface area contributed by atoms with E-state index in [-0.39, 0.29) is 17.5 Å². The number of nitrogens with zero attached hydrogens (tertiary/aromatic N) is 4. The van der Waals surface area contributed by atoms with E-state index in [2.05, 4.69) is 30.9 Å². The highest BCUT2D eigenvalue weighted by atomic mass is 19.1. The normalized spacial score (nSPS) is 11.0. The van der Waals surface area contributed by atoms with Crippen LogP contribution in [-0.4, -0.2) is 53.1 Å². The molecule has 30 heavy (non-hydrogen) atoms. The van der Waals surface area contributed by atoms with Gasteiger partial charge in [0.25, 0.3) is 0 Å². The van der Waals surface area contributed by atoms with Crippen LogP contribution in [-0.2, 0) is 0 Å². The zero-order valence-corrected chi connectivity index (χ0v) is 17.6. The Balaban J connectivity index is 1.67. The predicted molar refractivity (Wildman–Crippen MR) is 118 cm³/mol. The second kappa shape index (κ2) is 9.45. The van der Waals surface area contributed by atoms with Gasteiger partial charge >= 0.3 is 6.03 Å². The second-order valence-electron chi connectivity index (χ2n) is 7.35. The number of carbonyl (C=O) groups excluding carboxylic acids is 1. The molecule has 2 heterocycles. The molecule has 8 nitrogen and oxygen atoms in total. The number of pyridine rings is 1. The minimum absolute atomic E-state index is 0.0299. The number of aryl methyl sites for hydroxylation is 2. The fourth-order valence-corrected chi connectivity index (χ4v) is 2.93. The van der Waals surface area contributed by atoms with Crippen molar-refractivity contribution in [2.45, 2.75) is 20.3 Å². The van der Waals surface area contributed by atoms with Crippen molar-refractivity contribution in [1.82, 2.24) is 19.9 Å². The Bertz CT molecular complexity index is 1050. The average molecular weight is 411 g/mol. The number of hydrogen-bond donors (Lipinski definition) is 3. The SMILES string of the molecule is Cc1cc2cc(NC(=O)Nc3nc(C)c(F)c(NCCCN(C)C)n3)ccc2cn1. The molecule has 0 atom stereocenters. The molecule has 3 N–H and O–H groups in total. The van der Waals surface area contributed by atoms with Gasteiger partial charge in [0.15, 0.2) is 11.6 Å². The standard InChI is InChI=1S/C21H26FN7O/c1-13-10-16-11-17(7-6-15(16)12-24-13)26-21(30)28-20-25-14(2)18(22)19(27-20)23-8-5-9-29(3)4/h6-7,10-12H,5,8-9H2,1-4H3,(H3,23,25,26,27,28,30). The van der Waals surface area contributed by atoms with Gasteiger partial charge < -0.3 is 15.5 Å². The maximum Gasteiger partial charge on any atom is 0.326 e. The summed E-state index contributed by atoms with van der Waals surface area (Å²) in [6, 6.07) is 6.96. The summed E-state index contributed by atoms with van der Waals surface area (Å²) in [5, 5.41) is 10.2. The summed E-state index contributed by atoms with van der Waals surface area (Å²) < 4.78 is 14.3. The van der Waals surface area contributed by atoms with Crippen LogP contribution < -0.4 is 16.0 Å². The van der Waals surface area contributed by atoms with Crippen LogP contribution in [0.2, 0.25) is 0 Å². The molecule has 0 saturated heterocycles. The number of aromatic nitrogens is 3. The molecule has 2 aromatic heterocycles. The van der Waals surface area contributed by atoms with Gasteiger partial charge in [0.2, 0.25) is 5.95 Å². The highest BCUT2D eigenvalue weighted by Gasteiger charge is 2.13. The van der Waals surface area contributed by atoms with Crippen molar-refractivity contribution in [2.24, 2.45) is 0 Å². The van der Waals surface area contributed by atoms with Crippen molar-refractivity contribution in [3.05, 3.63) is 47.7 Å². The third kappa shape index (κ3) is 5.60. The number of nitrogens with one attached hydrogen (secondary N) is 3. The molecular formula is C21H26FN7O. The molecule has 0 bridgehead atoms. The number of anilines is 3. The largest absolute Gasteiger partial charge is 0.367 e. The Morgan fingerprint density at radius 2 is 1.90 bits per heavy atom. The monoisotopic (exact) mass is 411 g/mol. The van der Waals surface area contributed by atoms with Crippen molar-refractivity contribution in [1.29, 1.82) is 0 Å². The van der Waals surface area contributed by atoms with Crippen molar-refractivity contribution in [3.63, 3.8) is 0 Å². The summed E-state index contributed by atoms with van der Waals surface area (Å²) >= 11 is 0. The minimum atomic E-state index is -0.524. The Kier molecular flexibility index (Phi) is 6.73. The van der Waals surface area contributed by atoms with E-state index in [4.69, 9.17) is 0 Å². The molecule has 0 radical (unpaired) electrons. The Morgan fingerprint density at radius 1 is 1.10 bits per heavy atom. The zero-order valence-electron chi connectivity index (χ0n) is 17.6. The summed E-state index contributed by atoms with van der Waals surface area (Å²) in [5.74, 6) is -0.420. The molecule has 0 spiro atoms. The maximum atomic E-state index is 14.3. The summed E-state index contributed by atoms with van der Waals surface area (Å²) in [4.78, 5) is 26.8. The van der Waals surface area contributed by atoms with Crippen LogP contribution in [0.3, 0.4) is 0 Å². The molecule has 3 rings (SSSR count). The van der Waals surface area contributed by atoms with Crippen LogP contribution >= 0.6 is 0 Å². The summed E-state index contributed by atoms with van der Waals surface area (Å²) in [6.07, 6.45) is 2.62. The number of fused-ring (bicyclic) bond motifs is 1. The first-order chi connectivity index (χ1) is 14.3. The van der Waals surface area contributed by atoms with Gasteiger partial charge in [-0.1, -0.05) is 6.07 Å². The minimum Gasteiger partial charge on any atom is -0.367 e. The summed E-state index contributed by atoms with van der Waals surface area (Å²) in [7, 11) is 3.95. The highest BCUT2D eigenvalue weighted by molar-refractivity contribution is 6.00. The van der Waals surface area contributed by atoms with Crippen LogP contribution in [0.4, 0.5) is 26.6 Å². The smallest absolute Gasteiger partial charge is 0.326 e. The first-order valence-corrected chi connectivity index (χ1v) is 9.69. The van der Waals surface area contributed by atoms with Crippen molar-refractivity contribution in [3.8, 4) is 0 Å². The molecule has 0 fully saturated rings. The maximum absolute atomic E-state index is 14.3. The van der Waals surface area contributed by atoms with E-state index in [1.165, 1.54) is 6.92 Å². The van der Waals surface area contributed by atoms with E-state index in [9.17, 15) is 9.18 Å². The van der Waals surface area contributed by atoms with Gasteiger partial charge in [0, 0.05) is 29.5 Å². The van der Waals surface area contributed by atoms with Gasteiger partial charge in [-0.3, -0.25) is 10.3 Å². The van der Waals surface area contributed by atoms with E-state index in [0.717, 1.165) is 29.4 Å². The Morgan fingerprint density at radius 3 is 2.67 bits per heavy atom. The van der Waals surface area contributed by atoms with E-state index in [0.29, 0.717) is 12.2 Å². The predicted octanol–water partition coefficient (Wildman–Crippen LogP) is 3.79. The van der Waals surface area contributed by atoms with Crippen LogP contribution in [0.1, 0.15) is 17.8 Å². The molecule has 158 valence electrons. The van der Waals surface area contributed by atoms with E-state index in [1.54, 1.807) is 12.3 Å². The Hall–Kier alpha value is -3.33. The number of amides is 2. The molecule has 0 aliphatic carbocycles. The molecule has 0 aliphatic heterocycles. The third-order valence-corrected chi connectivity index (χ3v) is 4.43. The van der Waals surface area contributed by atoms with Gasteiger partial charge in [-0.05, 0) is 64.5 Å². The molecule has 1 aromatic carbocycles. The number of benzene rings is 1. The van der Waals surface area contributed by atoms with Crippen molar-refractivity contribution >= 4 is 34.3 Å². The molecule has 0 aliphatic rings. The van der Waals surface area contributed by atoms with Crippen molar-refractivity contribution in [2.75, 3.05) is 43.1 Å². The number of carbonyl (C=O) groups is 1. The summed E-state index contributed by atoms with van der Waals surface area (Å²) in [5.41, 5.74) is 1.67. The molecule has 0 unspecified atom stereocenters. The van der Waals surface area contributed by atoms with Gasteiger partial charge in [-0.25, -0.2) is 14.2 Å². The van der Waals surface area contributed by atoms with Crippen LogP contribution in [0, 0.1) is 19.7 Å². The van der Waals surface area contributed by atoms with Gasteiger partial charge in [-0.2, -0.15) is 4.98 Å². The fraction of sp³-hybridized carbons (Fsp3) is 0.333. The van der Waals surface area contributed by atoms with Crippen LogP contribution in [0.25, 0.3) is 10.8 Å². The first kappa shape index (κ1) is 21.4. The number of halogens is 1. The van der Waals surface area contributed by atoms with Gasteiger partial charge in [-0.15, -0.1) is 0 Å². The lowest BCUT2D eigenvalue weighted by Gasteiger charge is -2.13. The third-order valence-electron chi connectivity index (χ3n) is 4.43. The second-order valence-corrected chi connectivity index (χ2v) is 7.35. The van der Waals surface area contributed by atoms with Gasteiger partial charge in [0.1, 0.15) is 0 Å². The molecular weight excluding hydrogens is 385 g/mol. The first-order valence-electron chi connectivity index (χ1n) is 9.69. The average Bonchev–Trinajstić information content (AvgIpc) is 2.68. The topological polar surface area (TPSA) is 95.1 Å².